The summed E-state index contributed by atoms with van der Waals surface area (Å²) in [6.45, 7) is 6.99. The molecule has 108 valence electrons. The Labute approximate surface area is 113 Å². The summed E-state index contributed by atoms with van der Waals surface area (Å²) in [5.74, 6) is -0.771. The van der Waals surface area contributed by atoms with E-state index < -0.39 is 11.4 Å². The number of carboxylic acid groups (broad SMARTS) is 1. The Morgan fingerprint density at radius 3 is 2.26 bits per heavy atom. The summed E-state index contributed by atoms with van der Waals surface area (Å²) in [6, 6.07) is -0.0490. The van der Waals surface area contributed by atoms with Crippen molar-refractivity contribution < 1.29 is 19.4 Å². The molecule has 2 saturated heterocycles. The molecule has 2 amide bonds. The van der Waals surface area contributed by atoms with Gasteiger partial charge in [0.1, 0.15) is 0 Å². The van der Waals surface area contributed by atoms with E-state index in [4.69, 9.17) is 4.74 Å². The van der Waals surface area contributed by atoms with Crippen LogP contribution in [0.5, 0.6) is 0 Å². The highest BCUT2D eigenvalue weighted by Crippen LogP contribution is 2.38. The molecular weight excluding hydrogens is 248 g/mol. The van der Waals surface area contributed by atoms with Gasteiger partial charge in [-0.2, -0.15) is 0 Å². The molecule has 0 aromatic rings. The molecule has 0 radical (unpaired) electrons. The van der Waals surface area contributed by atoms with Crippen LogP contribution in [-0.4, -0.2) is 66.3 Å². The van der Waals surface area contributed by atoms with E-state index in [9.17, 15) is 14.7 Å². The van der Waals surface area contributed by atoms with Crippen molar-refractivity contribution in [3.8, 4) is 0 Å². The summed E-state index contributed by atoms with van der Waals surface area (Å²) in [4.78, 5) is 27.3. The Kier molecular flexibility index (Phi) is 3.99. The van der Waals surface area contributed by atoms with Crippen LogP contribution in [0.25, 0.3) is 0 Å². The SMILES string of the molecule is CC(C)C1(C(=O)O)CCN(C(=O)N2CCOCC2)C1. The molecule has 0 bridgehead atoms. The maximum absolute atomic E-state index is 12.3. The first kappa shape index (κ1) is 14.1. The van der Waals surface area contributed by atoms with Gasteiger partial charge in [-0.3, -0.25) is 4.79 Å². The minimum atomic E-state index is -0.792. The third kappa shape index (κ3) is 2.54. The van der Waals surface area contributed by atoms with Crippen LogP contribution in [0.4, 0.5) is 4.79 Å². The quantitative estimate of drug-likeness (QED) is 0.808. The zero-order valence-electron chi connectivity index (χ0n) is 11.6. The van der Waals surface area contributed by atoms with Crippen LogP contribution < -0.4 is 0 Å². The van der Waals surface area contributed by atoms with Crippen LogP contribution in [-0.2, 0) is 9.53 Å². The van der Waals surface area contributed by atoms with E-state index in [1.807, 2.05) is 13.8 Å². The fourth-order valence-corrected chi connectivity index (χ4v) is 2.84. The summed E-state index contributed by atoms with van der Waals surface area (Å²) < 4.78 is 5.22. The molecule has 1 N–H and O–H groups in total. The Morgan fingerprint density at radius 2 is 1.79 bits per heavy atom. The van der Waals surface area contributed by atoms with Crippen molar-refractivity contribution in [3.63, 3.8) is 0 Å². The molecule has 6 nitrogen and oxygen atoms in total. The monoisotopic (exact) mass is 270 g/mol. The van der Waals surface area contributed by atoms with E-state index in [1.165, 1.54) is 0 Å². The molecular formula is C13H22N2O4. The van der Waals surface area contributed by atoms with Crippen molar-refractivity contribution in [2.45, 2.75) is 20.3 Å². The van der Waals surface area contributed by atoms with Gasteiger partial charge in [-0.15, -0.1) is 0 Å². The van der Waals surface area contributed by atoms with Gasteiger partial charge in [0.05, 0.1) is 18.6 Å². The Hall–Kier alpha value is -1.30. The molecule has 1 atom stereocenters. The average Bonchev–Trinajstić information content (AvgIpc) is 2.85. The van der Waals surface area contributed by atoms with E-state index >= 15 is 0 Å². The summed E-state index contributed by atoms with van der Waals surface area (Å²) in [6.07, 6.45) is 0.538. The smallest absolute Gasteiger partial charge is 0.320 e. The molecule has 0 saturated carbocycles. The molecule has 2 aliphatic rings. The van der Waals surface area contributed by atoms with Crippen molar-refractivity contribution >= 4 is 12.0 Å². The van der Waals surface area contributed by atoms with Gasteiger partial charge in [0, 0.05) is 26.2 Å². The highest BCUT2D eigenvalue weighted by atomic mass is 16.5. The number of nitrogens with zero attached hydrogens (tertiary/aromatic N) is 2. The number of carboxylic acids is 1. The number of ether oxygens (including phenoxy) is 1. The summed E-state index contributed by atoms with van der Waals surface area (Å²) >= 11 is 0. The first-order valence-corrected chi connectivity index (χ1v) is 6.82. The third-order valence-electron chi connectivity index (χ3n) is 4.38. The lowest BCUT2D eigenvalue weighted by Gasteiger charge is -2.33. The fourth-order valence-electron chi connectivity index (χ4n) is 2.84. The topological polar surface area (TPSA) is 70.1 Å². The van der Waals surface area contributed by atoms with Crippen molar-refractivity contribution in [2.24, 2.45) is 11.3 Å². The van der Waals surface area contributed by atoms with E-state index in [0.717, 1.165) is 0 Å². The van der Waals surface area contributed by atoms with Gasteiger partial charge in [0.25, 0.3) is 0 Å². The van der Waals surface area contributed by atoms with Crippen LogP contribution >= 0.6 is 0 Å². The lowest BCUT2D eigenvalue weighted by Crippen LogP contribution is -2.49. The number of rotatable bonds is 2. The highest BCUT2D eigenvalue weighted by molar-refractivity contribution is 5.80. The molecule has 0 aromatic carbocycles. The molecule has 19 heavy (non-hydrogen) atoms. The predicted molar refractivity (Wildman–Crippen MR) is 68.9 cm³/mol. The molecule has 6 heteroatoms. The number of carbonyl (C=O) groups is 2. The van der Waals surface area contributed by atoms with E-state index in [-0.39, 0.29) is 11.9 Å². The zero-order valence-corrected chi connectivity index (χ0v) is 11.6. The standard InChI is InChI=1S/C13H22N2O4/c1-10(2)13(11(16)17)3-4-15(9-13)12(18)14-5-7-19-8-6-14/h10H,3-9H2,1-2H3,(H,16,17). The Morgan fingerprint density at radius 1 is 1.16 bits per heavy atom. The van der Waals surface area contributed by atoms with Gasteiger partial charge in [-0.1, -0.05) is 13.8 Å². The maximum Gasteiger partial charge on any atom is 0.320 e. The number of carbonyl (C=O) groups excluding carboxylic acids is 1. The number of amides is 2. The first-order valence-electron chi connectivity index (χ1n) is 6.82. The lowest BCUT2D eigenvalue weighted by atomic mass is 9.76. The molecule has 1 unspecified atom stereocenters. The van der Waals surface area contributed by atoms with E-state index in [2.05, 4.69) is 0 Å². The second kappa shape index (κ2) is 5.36. The predicted octanol–water partition coefficient (Wildman–Crippen LogP) is 0.871. The van der Waals surface area contributed by atoms with Crippen molar-refractivity contribution in [1.82, 2.24) is 9.80 Å². The minimum absolute atomic E-state index is 0.0208. The first-order chi connectivity index (χ1) is 8.97. The Balaban J connectivity index is 2.04. The van der Waals surface area contributed by atoms with Gasteiger partial charge in [-0.05, 0) is 12.3 Å². The van der Waals surface area contributed by atoms with Crippen molar-refractivity contribution in [2.75, 3.05) is 39.4 Å². The van der Waals surface area contributed by atoms with Gasteiger partial charge in [0.2, 0.25) is 0 Å². The van der Waals surface area contributed by atoms with E-state index in [0.29, 0.717) is 45.8 Å². The van der Waals surface area contributed by atoms with Gasteiger partial charge in [0.15, 0.2) is 0 Å². The number of morpholine rings is 1. The summed E-state index contributed by atoms with van der Waals surface area (Å²) in [5, 5.41) is 9.47. The highest BCUT2D eigenvalue weighted by Gasteiger charge is 2.49. The number of aliphatic carboxylic acids is 1. The summed E-state index contributed by atoms with van der Waals surface area (Å²) in [5.41, 5.74) is -0.790. The van der Waals surface area contributed by atoms with Crippen LogP contribution in [0, 0.1) is 11.3 Å². The summed E-state index contributed by atoms with van der Waals surface area (Å²) in [7, 11) is 0. The van der Waals surface area contributed by atoms with Gasteiger partial charge >= 0.3 is 12.0 Å². The van der Waals surface area contributed by atoms with E-state index in [1.54, 1.807) is 9.80 Å². The van der Waals surface area contributed by atoms with Crippen molar-refractivity contribution in [3.05, 3.63) is 0 Å². The maximum atomic E-state index is 12.3. The van der Waals surface area contributed by atoms with Crippen LogP contribution in [0.3, 0.4) is 0 Å². The number of urea groups is 1. The molecule has 0 aliphatic carbocycles. The molecule has 2 fully saturated rings. The van der Waals surface area contributed by atoms with Gasteiger partial charge in [-0.25, -0.2) is 4.79 Å². The molecule has 2 rings (SSSR count). The van der Waals surface area contributed by atoms with Crippen molar-refractivity contribution in [1.29, 1.82) is 0 Å². The van der Waals surface area contributed by atoms with Crippen LogP contribution in [0.15, 0.2) is 0 Å². The molecule has 0 aromatic heterocycles. The Bertz CT molecular complexity index is 366. The molecule has 2 aliphatic heterocycles. The van der Waals surface area contributed by atoms with Crippen LogP contribution in [0.2, 0.25) is 0 Å². The van der Waals surface area contributed by atoms with Crippen LogP contribution in [0.1, 0.15) is 20.3 Å². The minimum Gasteiger partial charge on any atom is -0.481 e. The largest absolute Gasteiger partial charge is 0.481 e. The molecule has 2 heterocycles. The lowest BCUT2D eigenvalue weighted by molar-refractivity contribution is -0.150. The van der Waals surface area contributed by atoms with Gasteiger partial charge < -0.3 is 19.6 Å². The second-order valence-corrected chi connectivity index (χ2v) is 5.67. The number of likely N-dealkylation sites (tertiary alicyclic amines) is 1. The fraction of sp³-hybridized carbons (Fsp3) is 0.846. The normalized spacial score (nSPS) is 27.9. The number of hydrogen-bond donors (Lipinski definition) is 1. The third-order valence-corrected chi connectivity index (χ3v) is 4.38. The molecule has 0 spiro atoms. The number of hydrogen-bond acceptors (Lipinski definition) is 3. The average molecular weight is 270 g/mol. The second-order valence-electron chi connectivity index (χ2n) is 5.67. The zero-order chi connectivity index (χ0) is 14.0.